The summed E-state index contributed by atoms with van der Waals surface area (Å²) >= 11 is 3.42. The molecular weight excluding hydrogens is 273 g/mol. The van der Waals surface area contributed by atoms with E-state index in [2.05, 4.69) is 28.2 Å². The van der Waals surface area contributed by atoms with E-state index in [9.17, 15) is 4.39 Å². The summed E-state index contributed by atoms with van der Waals surface area (Å²) in [6, 6.07) is 4.74. The van der Waals surface area contributed by atoms with Crippen LogP contribution < -0.4 is 5.32 Å². The number of hydrogen-bond donors (Lipinski definition) is 1. The Morgan fingerprint density at radius 1 is 1.56 bits per heavy atom. The maximum Gasteiger partial charge on any atom is 0.123 e. The Hall–Kier alpha value is -0.450. The Morgan fingerprint density at radius 3 is 3.06 bits per heavy atom. The number of halogens is 2. The van der Waals surface area contributed by atoms with Crippen molar-refractivity contribution >= 4 is 15.9 Å². The predicted molar refractivity (Wildman–Crippen MR) is 64.8 cm³/mol. The van der Waals surface area contributed by atoms with Crippen LogP contribution in [0, 0.1) is 5.82 Å². The van der Waals surface area contributed by atoms with Gasteiger partial charge in [0.2, 0.25) is 0 Å². The Labute approximate surface area is 103 Å². The molecule has 1 aromatic rings. The molecule has 4 heteroatoms. The molecule has 1 aliphatic rings. The molecule has 1 aromatic carbocycles. The summed E-state index contributed by atoms with van der Waals surface area (Å²) in [5.41, 5.74) is 0.958. The van der Waals surface area contributed by atoms with E-state index in [1.807, 2.05) is 0 Å². The van der Waals surface area contributed by atoms with E-state index >= 15 is 0 Å². The van der Waals surface area contributed by atoms with Crippen LogP contribution in [0.1, 0.15) is 18.9 Å². The van der Waals surface area contributed by atoms with Crippen molar-refractivity contribution in [2.24, 2.45) is 0 Å². The highest BCUT2D eigenvalue weighted by molar-refractivity contribution is 9.10. The van der Waals surface area contributed by atoms with Gasteiger partial charge in [0.15, 0.2) is 0 Å². The van der Waals surface area contributed by atoms with Crippen LogP contribution in [0.5, 0.6) is 0 Å². The van der Waals surface area contributed by atoms with Crippen LogP contribution in [0.25, 0.3) is 0 Å². The number of rotatable bonds is 3. The second-order valence-corrected chi connectivity index (χ2v) is 5.31. The lowest BCUT2D eigenvalue weighted by molar-refractivity contribution is 0.171. The van der Waals surface area contributed by atoms with Crippen molar-refractivity contribution in [2.45, 2.75) is 25.4 Å². The minimum Gasteiger partial charge on any atom is -0.379 e. The fourth-order valence-corrected chi connectivity index (χ4v) is 2.18. The molecule has 0 radical (unpaired) electrons. The lowest BCUT2D eigenvalue weighted by atomic mass is 10.0. The Balaban J connectivity index is 2.01. The third-order valence-electron chi connectivity index (χ3n) is 2.93. The molecule has 0 saturated carbocycles. The summed E-state index contributed by atoms with van der Waals surface area (Å²) in [5, 5.41) is 3.42. The second-order valence-electron chi connectivity index (χ2n) is 4.45. The summed E-state index contributed by atoms with van der Waals surface area (Å²) in [5.74, 6) is -0.201. The van der Waals surface area contributed by atoms with Crippen molar-refractivity contribution in [1.82, 2.24) is 5.32 Å². The van der Waals surface area contributed by atoms with Gasteiger partial charge in [-0.2, -0.15) is 0 Å². The first-order valence-corrected chi connectivity index (χ1v) is 6.15. The van der Waals surface area contributed by atoms with E-state index in [0.29, 0.717) is 6.54 Å². The maximum absolute atomic E-state index is 13.1. The summed E-state index contributed by atoms with van der Waals surface area (Å²) in [6.45, 7) is 4.30. The van der Waals surface area contributed by atoms with Gasteiger partial charge in [0.05, 0.1) is 6.61 Å². The maximum atomic E-state index is 13.1. The molecule has 1 fully saturated rings. The zero-order valence-corrected chi connectivity index (χ0v) is 10.8. The van der Waals surface area contributed by atoms with Crippen molar-refractivity contribution in [2.75, 3.05) is 13.2 Å². The zero-order chi connectivity index (χ0) is 11.6. The molecule has 88 valence electrons. The standard InChI is InChI=1S/C12H15BrFNO/c1-12(4-5-16-8-12)15-7-9-6-10(14)2-3-11(9)13/h2-3,6,15H,4-5,7-8H2,1H3. The molecule has 0 spiro atoms. The molecule has 0 aliphatic carbocycles. The van der Waals surface area contributed by atoms with Crippen LogP contribution in [0.3, 0.4) is 0 Å². The summed E-state index contributed by atoms with van der Waals surface area (Å²) < 4.78 is 19.4. The first-order chi connectivity index (χ1) is 7.59. The van der Waals surface area contributed by atoms with Gasteiger partial charge in [-0.15, -0.1) is 0 Å². The monoisotopic (exact) mass is 287 g/mol. The third-order valence-corrected chi connectivity index (χ3v) is 3.71. The van der Waals surface area contributed by atoms with Gasteiger partial charge in [0, 0.05) is 23.2 Å². The average Bonchev–Trinajstić information content (AvgIpc) is 2.67. The minimum atomic E-state index is -0.201. The molecule has 2 nitrogen and oxygen atoms in total. The highest BCUT2D eigenvalue weighted by atomic mass is 79.9. The van der Waals surface area contributed by atoms with Gasteiger partial charge in [-0.3, -0.25) is 0 Å². The molecule has 2 rings (SSSR count). The normalized spacial score (nSPS) is 24.9. The van der Waals surface area contributed by atoms with Crippen LogP contribution in [0.15, 0.2) is 22.7 Å². The van der Waals surface area contributed by atoms with Gasteiger partial charge in [-0.25, -0.2) is 4.39 Å². The van der Waals surface area contributed by atoms with Crippen molar-refractivity contribution < 1.29 is 9.13 Å². The van der Waals surface area contributed by atoms with E-state index in [1.165, 1.54) is 6.07 Å². The topological polar surface area (TPSA) is 21.3 Å². The van der Waals surface area contributed by atoms with Crippen molar-refractivity contribution in [1.29, 1.82) is 0 Å². The molecule has 0 bridgehead atoms. The lowest BCUT2D eigenvalue weighted by Crippen LogP contribution is -2.42. The first-order valence-electron chi connectivity index (χ1n) is 5.36. The smallest absolute Gasteiger partial charge is 0.123 e. The van der Waals surface area contributed by atoms with Gasteiger partial charge < -0.3 is 10.1 Å². The number of benzene rings is 1. The molecule has 1 N–H and O–H groups in total. The molecule has 1 atom stereocenters. The summed E-state index contributed by atoms with van der Waals surface area (Å²) in [4.78, 5) is 0. The number of ether oxygens (including phenoxy) is 1. The fraction of sp³-hybridized carbons (Fsp3) is 0.500. The molecule has 0 aromatic heterocycles. The van der Waals surface area contributed by atoms with Crippen LogP contribution in [-0.2, 0) is 11.3 Å². The molecule has 1 unspecified atom stereocenters. The number of nitrogens with one attached hydrogen (secondary N) is 1. The Morgan fingerprint density at radius 2 is 2.38 bits per heavy atom. The van der Waals surface area contributed by atoms with Crippen LogP contribution in [0.4, 0.5) is 4.39 Å². The quantitative estimate of drug-likeness (QED) is 0.923. The number of hydrogen-bond acceptors (Lipinski definition) is 2. The first kappa shape index (κ1) is 12.0. The lowest BCUT2D eigenvalue weighted by Gasteiger charge is -2.24. The van der Waals surface area contributed by atoms with Crippen molar-refractivity contribution in [3.05, 3.63) is 34.1 Å². The summed E-state index contributed by atoms with van der Waals surface area (Å²) in [6.07, 6.45) is 1.000. The molecule has 0 amide bonds. The van der Waals surface area contributed by atoms with Gasteiger partial charge >= 0.3 is 0 Å². The van der Waals surface area contributed by atoms with E-state index in [0.717, 1.165) is 29.7 Å². The van der Waals surface area contributed by atoms with Gasteiger partial charge in [0.1, 0.15) is 5.82 Å². The second kappa shape index (κ2) is 4.82. The van der Waals surface area contributed by atoms with Gasteiger partial charge in [-0.1, -0.05) is 15.9 Å². The highest BCUT2D eigenvalue weighted by Gasteiger charge is 2.28. The van der Waals surface area contributed by atoms with Crippen LogP contribution >= 0.6 is 15.9 Å². The average molecular weight is 288 g/mol. The Kier molecular flexibility index (Phi) is 3.62. The van der Waals surface area contributed by atoms with Crippen LogP contribution in [-0.4, -0.2) is 18.8 Å². The van der Waals surface area contributed by atoms with E-state index < -0.39 is 0 Å². The van der Waals surface area contributed by atoms with Crippen LogP contribution in [0.2, 0.25) is 0 Å². The molecule has 1 saturated heterocycles. The van der Waals surface area contributed by atoms with Crippen molar-refractivity contribution in [3.8, 4) is 0 Å². The van der Waals surface area contributed by atoms with Gasteiger partial charge in [0.25, 0.3) is 0 Å². The molecule has 16 heavy (non-hydrogen) atoms. The van der Waals surface area contributed by atoms with Crippen molar-refractivity contribution in [3.63, 3.8) is 0 Å². The van der Waals surface area contributed by atoms with E-state index in [1.54, 1.807) is 12.1 Å². The molecular formula is C12H15BrFNO. The molecule has 1 heterocycles. The molecule has 1 aliphatic heterocycles. The zero-order valence-electron chi connectivity index (χ0n) is 9.22. The Bertz CT molecular complexity index is 377. The van der Waals surface area contributed by atoms with Gasteiger partial charge in [-0.05, 0) is 37.1 Å². The summed E-state index contributed by atoms with van der Waals surface area (Å²) in [7, 11) is 0. The van der Waals surface area contributed by atoms with E-state index in [-0.39, 0.29) is 11.4 Å². The van der Waals surface area contributed by atoms with E-state index in [4.69, 9.17) is 4.74 Å². The minimum absolute atomic E-state index is 0.0196. The SMILES string of the molecule is CC1(NCc2cc(F)ccc2Br)CCOC1. The fourth-order valence-electron chi connectivity index (χ4n) is 1.79. The highest BCUT2D eigenvalue weighted by Crippen LogP contribution is 2.21. The third kappa shape index (κ3) is 2.81. The predicted octanol–water partition coefficient (Wildman–Crippen LogP) is 2.86. The largest absolute Gasteiger partial charge is 0.379 e.